The number of amides is 3. The smallest absolute Gasteiger partial charge is 0.289 e. The second-order valence-corrected chi connectivity index (χ2v) is 9.57. The molecule has 0 spiro atoms. The van der Waals surface area contributed by atoms with E-state index in [1.165, 1.54) is 4.90 Å². The van der Waals surface area contributed by atoms with Crippen LogP contribution in [0.5, 0.6) is 0 Å². The first kappa shape index (κ1) is 31.1. The molecule has 33 heavy (non-hydrogen) atoms. The van der Waals surface area contributed by atoms with E-state index >= 15 is 0 Å². The van der Waals surface area contributed by atoms with E-state index in [1.54, 1.807) is 12.2 Å². The first-order valence-corrected chi connectivity index (χ1v) is 12.0. The van der Waals surface area contributed by atoms with E-state index in [1.807, 2.05) is 20.8 Å². The van der Waals surface area contributed by atoms with E-state index < -0.39 is 41.1 Å². The third-order valence-corrected chi connectivity index (χ3v) is 5.19. The maximum Gasteiger partial charge on any atom is 0.289 e. The van der Waals surface area contributed by atoms with Crippen molar-refractivity contribution in [3.63, 3.8) is 0 Å². The normalized spacial score (nSPS) is 17.2. The largest absolute Gasteiger partial charge is 0.349 e. The topological polar surface area (TPSA) is 122 Å². The molecular weight excluding hydrogens is 467 g/mol. The number of carbonyl (C=O) groups is 4. The number of nitrogens with zero attached hydrogens (tertiary/aromatic N) is 1. The summed E-state index contributed by atoms with van der Waals surface area (Å²) < 4.78 is 0. The van der Waals surface area contributed by atoms with Gasteiger partial charge in [-0.1, -0.05) is 32.9 Å². The number of alkyl halides is 2. The van der Waals surface area contributed by atoms with Crippen molar-refractivity contribution in [1.29, 1.82) is 0 Å². The molecule has 1 unspecified atom stereocenters. The van der Waals surface area contributed by atoms with Gasteiger partial charge in [0.15, 0.2) is 0 Å². The summed E-state index contributed by atoms with van der Waals surface area (Å²) in [6.45, 7) is 13.5. The predicted octanol–water partition coefficient (Wildman–Crippen LogP) is 2.48. The predicted molar refractivity (Wildman–Crippen MR) is 133 cm³/mol. The molecule has 0 aliphatic carbocycles. The third kappa shape index (κ3) is 10.7. The van der Waals surface area contributed by atoms with E-state index in [0.717, 1.165) is 0 Å². The summed E-state index contributed by atoms with van der Waals surface area (Å²) in [4.78, 5) is 51.9. The molecule has 0 aromatic heterocycles. The van der Waals surface area contributed by atoms with Crippen LogP contribution in [0.3, 0.4) is 0 Å². The Morgan fingerprint density at radius 3 is 2.24 bits per heavy atom. The van der Waals surface area contributed by atoms with Crippen molar-refractivity contribution < 1.29 is 19.2 Å². The van der Waals surface area contributed by atoms with Gasteiger partial charge in [0.25, 0.3) is 5.91 Å². The highest BCUT2D eigenvalue weighted by Gasteiger charge is 2.40. The molecule has 188 valence electrons. The van der Waals surface area contributed by atoms with Crippen LogP contribution < -0.4 is 16.4 Å². The van der Waals surface area contributed by atoms with Gasteiger partial charge < -0.3 is 21.3 Å². The molecule has 1 saturated heterocycles. The van der Waals surface area contributed by atoms with E-state index in [2.05, 4.69) is 23.8 Å². The van der Waals surface area contributed by atoms with E-state index in [4.69, 9.17) is 28.9 Å². The molecule has 10 heteroatoms. The molecule has 1 rings (SSSR count). The number of allylic oxidation sites excluding steroid dienone is 1. The number of hydrogen-bond acceptors (Lipinski definition) is 5. The van der Waals surface area contributed by atoms with Gasteiger partial charge in [0.05, 0.1) is 17.4 Å². The average molecular weight is 505 g/mol. The van der Waals surface area contributed by atoms with Crippen molar-refractivity contribution in [3.05, 3.63) is 25.3 Å². The van der Waals surface area contributed by atoms with Crippen molar-refractivity contribution >= 4 is 46.7 Å². The second-order valence-electron chi connectivity index (χ2n) is 8.76. The quantitative estimate of drug-likeness (QED) is 0.172. The number of carbonyl (C=O) groups excluding carboxylic acids is 4. The lowest BCUT2D eigenvalue weighted by molar-refractivity contribution is -0.143. The highest BCUT2D eigenvalue weighted by Crippen LogP contribution is 2.24. The lowest BCUT2D eigenvalue weighted by Crippen LogP contribution is -2.57. The Bertz CT molecular complexity index is 694. The lowest BCUT2D eigenvalue weighted by Gasteiger charge is -2.33. The van der Waals surface area contributed by atoms with E-state index in [0.29, 0.717) is 38.8 Å². The Morgan fingerprint density at radius 1 is 1.15 bits per heavy atom. The summed E-state index contributed by atoms with van der Waals surface area (Å²) in [5.41, 5.74) is 5.66. The third-order valence-electron chi connectivity index (χ3n) is 5.19. The van der Waals surface area contributed by atoms with Crippen LogP contribution in [0, 0.1) is 5.41 Å². The molecule has 0 aromatic carbocycles. The van der Waals surface area contributed by atoms with Gasteiger partial charge in [0, 0.05) is 13.1 Å². The minimum absolute atomic E-state index is 0.194. The fourth-order valence-electron chi connectivity index (χ4n) is 3.21. The van der Waals surface area contributed by atoms with Gasteiger partial charge >= 0.3 is 0 Å². The molecule has 8 nitrogen and oxygen atoms in total. The fourth-order valence-corrected chi connectivity index (χ4v) is 3.21. The van der Waals surface area contributed by atoms with Crippen molar-refractivity contribution in [2.75, 3.05) is 18.4 Å². The van der Waals surface area contributed by atoms with E-state index in [9.17, 15) is 19.2 Å². The Morgan fingerprint density at radius 2 is 1.73 bits per heavy atom. The number of nitrogens with two attached hydrogens (primary N) is 1. The van der Waals surface area contributed by atoms with Gasteiger partial charge in [0.1, 0.15) is 6.04 Å². The maximum absolute atomic E-state index is 12.9. The van der Waals surface area contributed by atoms with Crippen LogP contribution in [0.2, 0.25) is 0 Å². The minimum atomic E-state index is -0.979. The number of ketones is 1. The van der Waals surface area contributed by atoms with Gasteiger partial charge in [-0.15, -0.1) is 36.4 Å². The number of Topliss-reactive ketones (excluding diaryl/α,β-unsaturated/α-hetero) is 1. The number of rotatable bonds is 11. The highest BCUT2D eigenvalue weighted by atomic mass is 35.5. The summed E-state index contributed by atoms with van der Waals surface area (Å²) in [6.07, 6.45) is 5.67. The summed E-state index contributed by atoms with van der Waals surface area (Å²) in [5.74, 6) is -2.18. The number of halogens is 2. The van der Waals surface area contributed by atoms with Gasteiger partial charge in [0.2, 0.25) is 17.6 Å². The van der Waals surface area contributed by atoms with Gasteiger partial charge in [-0.3, -0.25) is 19.2 Å². The van der Waals surface area contributed by atoms with Crippen LogP contribution in [0.15, 0.2) is 25.3 Å². The molecule has 3 amide bonds. The molecule has 1 aliphatic heterocycles. The molecular formula is C23H38Cl2N4O4. The van der Waals surface area contributed by atoms with Gasteiger partial charge in [-0.05, 0) is 37.5 Å². The van der Waals surface area contributed by atoms with Crippen LogP contribution in [-0.4, -0.2) is 65.0 Å². The number of nitrogens with one attached hydrogen (secondary N) is 2. The van der Waals surface area contributed by atoms with Crippen LogP contribution in [0.25, 0.3) is 0 Å². The highest BCUT2D eigenvalue weighted by molar-refractivity contribution is 6.40. The minimum Gasteiger partial charge on any atom is -0.349 e. The molecule has 0 saturated carbocycles. The number of likely N-dealkylation sites (tertiary alicyclic amines) is 1. The molecule has 0 aromatic rings. The van der Waals surface area contributed by atoms with Gasteiger partial charge in [-0.2, -0.15) is 0 Å². The standard InChI is InChI=1S/C22H36N4O4.CH2Cl2/c1-6-8-11-15(17(27)20(29)24-13-9-7-2)25-19(28)16-12-10-14-26(16)21(30)18(23)22(3,4)5;2-1-3/h6-7,15-16,18H,1-2,8-14,23H2,3-5H3,(H,24,29)(H,25,28);1H2/t15?,16-,18+;/m0./s1. The molecule has 1 heterocycles. The lowest BCUT2D eigenvalue weighted by atomic mass is 9.86. The van der Waals surface area contributed by atoms with Gasteiger partial charge in [-0.25, -0.2) is 0 Å². The molecule has 1 fully saturated rings. The summed E-state index contributed by atoms with van der Waals surface area (Å²) in [5, 5.41) is 5.39. The second kappa shape index (κ2) is 15.9. The zero-order chi connectivity index (χ0) is 25.6. The van der Waals surface area contributed by atoms with Crippen molar-refractivity contribution in [2.24, 2.45) is 11.1 Å². The van der Waals surface area contributed by atoms with Crippen LogP contribution in [0.4, 0.5) is 0 Å². The summed E-state index contributed by atoms with van der Waals surface area (Å²) in [6, 6.07) is -2.42. The zero-order valence-corrected chi connectivity index (χ0v) is 21.4. The SMILES string of the molecule is C=CCCNC(=O)C(=O)C(CCC=C)NC(=O)[C@@H]1CCCN1C(=O)[C@@H](N)C(C)(C)C.ClCCl. The fraction of sp³-hybridized carbons (Fsp3) is 0.652. The Hall–Kier alpha value is -1.90. The first-order chi connectivity index (χ1) is 15.5. The van der Waals surface area contributed by atoms with Crippen LogP contribution in [-0.2, 0) is 19.2 Å². The average Bonchev–Trinajstić information content (AvgIpc) is 3.25. The molecule has 1 aliphatic rings. The summed E-state index contributed by atoms with van der Waals surface area (Å²) in [7, 11) is 0. The Balaban J connectivity index is 0.00000322. The molecule has 3 atom stereocenters. The molecule has 4 N–H and O–H groups in total. The number of hydrogen-bond donors (Lipinski definition) is 3. The maximum atomic E-state index is 12.9. The zero-order valence-electron chi connectivity index (χ0n) is 19.9. The van der Waals surface area contributed by atoms with Crippen molar-refractivity contribution in [1.82, 2.24) is 15.5 Å². The van der Waals surface area contributed by atoms with Crippen molar-refractivity contribution in [3.8, 4) is 0 Å². The molecule has 0 bridgehead atoms. The van der Waals surface area contributed by atoms with E-state index in [-0.39, 0.29) is 17.7 Å². The molecule has 0 radical (unpaired) electrons. The Kier molecular flexibility index (Phi) is 14.9. The van der Waals surface area contributed by atoms with Crippen molar-refractivity contribution in [2.45, 2.75) is 71.0 Å². The first-order valence-electron chi connectivity index (χ1n) is 11.0. The van der Waals surface area contributed by atoms with Crippen LogP contribution in [0.1, 0.15) is 52.9 Å². The Labute approximate surface area is 207 Å². The summed E-state index contributed by atoms with van der Waals surface area (Å²) >= 11 is 9.53. The monoisotopic (exact) mass is 504 g/mol. The van der Waals surface area contributed by atoms with Crippen LogP contribution >= 0.6 is 23.2 Å².